The molecule has 2 heterocycles. The molecule has 1 unspecified atom stereocenters. The van der Waals surface area contributed by atoms with Gasteiger partial charge in [0, 0.05) is 12.6 Å². The van der Waals surface area contributed by atoms with Crippen molar-refractivity contribution in [3.8, 4) is 0 Å². The highest BCUT2D eigenvalue weighted by atomic mass is 33.1. The van der Waals surface area contributed by atoms with E-state index in [1.54, 1.807) is 0 Å². The van der Waals surface area contributed by atoms with Crippen LogP contribution in [0.4, 0.5) is 5.82 Å². The SMILES string of the molecule is CSS[C@H](C)OC1C[C@H](n2ccc(N)nc2=O)O[C@@H]1COP(=O)(O)O. The lowest BCUT2D eigenvalue weighted by molar-refractivity contribution is -0.0634. The Bertz CT molecular complexity index is 685. The lowest BCUT2D eigenvalue weighted by atomic mass is 10.2. The number of ether oxygens (including phenoxy) is 2. The first kappa shape index (κ1) is 20.7. The number of hydrogen-bond acceptors (Lipinski definition) is 9. The zero-order chi connectivity index (χ0) is 18.6. The van der Waals surface area contributed by atoms with Crippen LogP contribution in [0, 0.1) is 0 Å². The van der Waals surface area contributed by atoms with E-state index in [1.807, 2.05) is 13.2 Å². The molecule has 4 atom stereocenters. The third-order valence-electron chi connectivity index (χ3n) is 3.35. The Morgan fingerprint density at radius 3 is 2.92 bits per heavy atom. The molecule has 10 nitrogen and oxygen atoms in total. The van der Waals surface area contributed by atoms with Crippen molar-refractivity contribution >= 4 is 35.2 Å². The largest absolute Gasteiger partial charge is 0.469 e. The van der Waals surface area contributed by atoms with Crippen molar-refractivity contribution in [2.24, 2.45) is 0 Å². The predicted octanol–water partition coefficient (Wildman–Crippen LogP) is 0.965. The van der Waals surface area contributed by atoms with E-state index in [1.165, 1.54) is 38.4 Å². The number of nitrogens with zero attached hydrogens (tertiary/aromatic N) is 2. The fourth-order valence-electron chi connectivity index (χ4n) is 2.38. The summed E-state index contributed by atoms with van der Waals surface area (Å²) in [5.41, 5.74) is 4.72. The molecule has 25 heavy (non-hydrogen) atoms. The predicted molar refractivity (Wildman–Crippen MR) is 94.9 cm³/mol. The molecule has 0 saturated carbocycles. The van der Waals surface area contributed by atoms with Gasteiger partial charge in [0.15, 0.2) is 0 Å². The van der Waals surface area contributed by atoms with E-state index in [0.29, 0.717) is 6.42 Å². The monoisotopic (exact) mass is 413 g/mol. The molecule has 0 aromatic carbocycles. The number of phosphoric acid groups is 1. The summed E-state index contributed by atoms with van der Waals surface area (Å²) in [6, 6.07) is 1.46. The Hall–Kier alpha value is -0.590. The highest BCUT2D eigenvalue weighted by molar-refractivity contribution is 8.76. The highest BCUT2D eigenvalue weighted by Crippen LogP contribution is 2.39. The molecule has 0 bridgehead atoms. The normalized spacial score (nSPS) is 25.2. The van der Waals surface area contributed by atoms with Crippen molar-refractivity contribution in [3.05, 3.63) is 22.7 Å². The number of nitrogen functional groups attached to an aromatic ring is 1. The second-order valence-electron chi connectivity index (χ2n) is 5.20. The van der Waals surface area contributed by atoms with Crippen LogP contribution in [0.25, 0.3) is 0 Å². The Morgan fingerprint density at radius 1 is 1.60 bits per heavy atom. The van der Waals surface area contributed by atoms with Crippen LogP contribution >= 0.6 is 29.4 Å². The van der Waals surface area contributed by atoms with Gasteiger partial charge in [0.2, 0.25) is 0 Å². The molecule has 142 valence electrons. The van der Waals surface area contributed by atoms with Crippen LogP contribution in [-0.2, 0) is 18.6 Å². The topological polar surface area (TPSA) is 146 Å². The maximum Gasteiger partial charge on any atom is 0.469 e. The van der Waals surface area contributed by atoms with Gasteiger partial charge in [-0.15, -0.1) is 0 Å². The van der Waals surface area contributed by atoms with Crippen LogP contribution in [-0.4, -0.2) is 49.8 Å². The summed E-state index contributed by atoms with van der Waals surface area (Å²) < 4.78 is 28.4. The van der Waals surface area contributed by atoms with Gasteiger partial charge in [-0.2, -0.15) is 4.98 Å². The lowest BCUT2D eigenvalue weighted by Crippen LogP contribution is -2.30. The standard InChI is InChI=1S/C12H20N3O7PS2/c1-7(25-24-2)21-8-5-11(15-4-3-10(13)14-12(15)16)22-9(8)6-20-23(17,18)19/h3-4,7-9,11H,5-6H2,1-2H3,(H2,13,14,16)(H2,17,18,19)/t7-,8?,9-,11-/m1/s1. The first-order valence-corrected chi connectivity index (χ1v) is 11.4. The Kier molecular flexibility index (Phi) is 7.35. The summed E-state index contributed by atoms with van der Waals surface area (Å²) >= 11 is 0. The molecule has 1 fully saturated rings. The smallest absolute Gasteiger partial charge is 0.383 e. The first-order chi connectivity index (χ1) is 11.7. The zero-order valence-electron chi connectivity index (χ0n) is 13.5. The average Bonchev–Trinajstić information content (AvgIpc) is 2.87. The molecule has 0 spiro atoms. The second-order valence-corrected chi connectivity index (χ2v) is 9.20. The van der Waals surface area contributed by atoms with Crippen molar-refractivity contribution in [1.29, 1.82) is 0 Å². The van der Waals surface area contributed by atoms with Crippen LogP contribution in [0.3, 0.4) is 0 Å². The van der Waals surface area contributed by atoms with E-state index < -0.39 is 31.9 Å². The average molecular weight is 413 g/mol. The van der Waals surface area contributed by atoms with Crippen LogP contribution < -0.4 is 11.4 Å². The summed E-state index contributed by atoms with van der Waals surface area (Å²) in [5.74, 6) is 0.0958. The van der Waals surface area contributed by atoms with Gasteiger partial charge in [-0.05, 0) is 19.2 Å². The van der Waals surface area contributed by atoms with Crippen LogP contribution in [0.1, 0.15) is 19.6 Å². The fourth-order valence-corrected chi connectivity index (χ4v) is 4.13. The van der Waals surface area contributed by atoms with Gasteiger partial charge >= 0.3 is 13.5 Å². The molecule has 1 saturated heterocycles. The summed E-state index contributed by atoms with van der Waals surface area (Å²) in [6.45, 7) is 1.49. The number of aromatic nitrogens is 2. The van der Waals surface area contributed by atoms with E-state index >= 15 is 0 Å². The zero-order valence-corrected chi connectivity index (χ0v) is 16.1. The summed E-state index contributed by atoms with van der Waals surface area (Å²) in [5, 5.41) is 0. The molecule has 4 N–H and O–H groups in total. The number of nitrogens with two attached hydrogens (primary N) is 1. The molecule has 13 heteroatoms. The van der Waals surface area contributed by atoms with Crippen LogP contribution in [0.5, 0.6) is 0 Å². The van der Waals surface area contributed by atoms with Crippen molar-refractivity contribution in [1.82, 2.24) is 9.55 Å². The number of rotatable bonds is 8. The van der Waals surface area contributed by atoms with Gasteiger partial charge in [0.1, 0.15) is 23.6 Å². The Morgan fingerprint density at radius 2 is 2.32 bits per heavy atom. The van der Waals surface area contributed by atoms with Crippen molar-refractivity contribution in [2.45, 2.75) is 37.2 Å². The molecule has 0 amide bonds. The van der Waals surface area contributed by atoms with E-state index in [4.69, 9.17) is 25.0 Å². The summed E-state index contributed by atoms with van der Waals surface area (Å²) in [6.07, 6.45) is 1.73. The minimum absolute atomic E-state index is 0.0958. The quantitative estimate of drug-likeness (QED) is 0.318. The van der Waals surface area contributed by atoms with Gasteiger partial charge in [-0.25, -0.2) is 9.36 Å². The Balaban J connectivity index is 2.13. The lowest BCUT2D eigenvalue weighted by Gasteiger charge is -2.22. The number of hydrogen-bond donors (Lipinski definition) is 3. The Labute approximate surface area is 152 Å². The van der Waals surface area contributed by atoms with Gasteiger partial charge in [0.05, 0.1) is 12.7 Å². The molecule has 0 aliphatic carbocycles. The van der Waals surface area contributed by atoms with E-state index in [-0.39, 0.29) is 17.9 Å². The van der Waals surface area contributed by atoms with Crippen molar-refractivity contribution in [2.75, 3.05) is 18.6 Å². The van der Waals surface area contributed by atoms with Crippen LogP contribution in [0.2, 0.25) is 0 Å². The fraction of sp³-hybridized carbons (Fsp3) is 0.667. The molecule has 1 aromatic heterocycles. The summed E-state index contributed by atoms with van der Waals surface area (Å²) in [4.78, 5) is 33.4. The maximum atomic E-state index is 12.0. The number of anilines is 1. The van der Waals surface area contributed by atoms with Crippen molar-refractivity contribution in [3.63, 3.8) is 0 Å². The van der Waals surface area contributed by atoms with E-state index in [2.05, 4.69) is 9.51 Å². The minimum atomic E-state index is -4.64. The van der Waals surface area contributed by atoms with E-state index in [9.17, 15) is 9.36 Å². The van der Waals surface area contributed by atoms with Gasteiger partial charge in [-0.1, -0.05) is 21.6 Å². The third kappa shape index (κ3) is 6.26. The van der Waals surface area contributed by atoms with Gasteiger partial charge < -0.3 is 25.0 Å². The molecule has 1 aliphatic heterocycles. The summed E-state index contributed by atoms with van der Waals surface area (Å²) in [7, 11) is -1.62. The molecular formula is C12H20N3O7PS2. The van der Waals surface area contributed by atoms with Crippen LogP contribution in [0.15, 0.2) is 17.1 Å². The molecule has 1 aromatic rings. The second kappa shape index (κ2) is 8.87. The highest BCUT2D eigenvalue weighted by Gasteiger charge is 2.39. The van der Waals surface area contributed by atoms with Crippen molar-refractivity contribution < 1.29 is 28.3 Å². The van der Waals surface area contributed by atoms with Gasteiger partial charge in [-0.3, -0.25) is 9.09 Å². The maximum absolute atomic E-state index is 12.0. The molecule has 1 aliphatic rings. The first-order valence-electron chi connectivity index (χ1n) is 7.24. The molecule has 0 radical (unpaired) electrons. The molecule has 2 rings (SSSR count). The van der Waals surface area contributed by atoms with E-state index in [0.717, 1.165) is 0 Å². The third-order valence-corrected chi connectivity index (χ3v) is 5.80. The number of phosphoric ester groups is 1. The van der Waals surface area contributed by atoms with Gasteiger partial charge in [0.25, 0.3) is 0 Å². The molecular weight excluding hydrogens is 393 g/mol. The minimum Gasteiger partial charge on any atom is -0.383 e.